The normalized spacial score (nSPS) is 12.3. The molecule has 0 unspecified atom stereocenters. The van der Waals surface area contributed by atoms with Crippen LogP contribution >= 0.6 is 11.8 Å². The van der Waals surface area contributed by atoms with Crippen molar-refractivity contribution in [3.05, 3.63) is 58.7 Å². The van der Waals surface area contributed by atoms with E-state index < -0.39 is 0 Å². The quantitative estimate of drug-likeness (QED) is 0.528. The molecule has 2 aromatic carbocycles. The van der Waals surface area contributed by atoms with Crippen molar-refractivity contribution in [2.24, 2.45) is 10.7 Å². The summed E-state index contributed by atoms with van der Waals surface area (Å²) in [4.78, 5) is 4.49. The van der Waals surface area contributed by atoms with E-state index in [2.05, 4.69) is 51.7 Å². The van der Waals surface area contributed by atoms with Gasteiger partial charge in [-0.1, -0.05) is 44.7 Å². The molecule has 0 radical (unpaired) electrons. The smallest absolute Gasteiger partial charge is 0.159 e. The molecule has 0 spiro atoms. The molecule has 140 valence electrons. The lowest BCUT2D eigenvalue weighted by atomic mass is 9.84. The highest BCUT2D eigenvalue weighted by Gasteiger charge is 2.16. The molecule has 0 amide bonds. The Kier molecular flexibility index (Phi) is 6.76. The van der Waals surface area contributed by atoms with Gasteiger partial charge in [0.2, 0.25) is 0 Å². The van der Waals surface area contributed by atoms with Crippen LogP contribution in [0.2, 0.25) is 0 Å². The largest absolute Gasteiger partial charge is 0.494 e. The molecule has 0 fully saturated rings. The molecule has 2 rings (SSSR count). The minimum absolute atomic E-state index is 0.162. The number of aliphatic imine (C=N–C) groups is 1. The highest BCUT2D eigenvalue weighted by atomic mass is 32.2. The number of rotatable bonds is 5. The summed E-state index contributed by atoms with van der Waals surface area (Å²) in [5.74, 6) is 1.68. The van der Waals surface area contributed by atoms with Crippen molar-refractivity contribution in [1.82, 2.24) is 0 Å². The van der Waals surface area contributed by atoms with Gasteiger partial charge in [0, 0.05) is 5.75 Å². The summed E-state index contributed by atoms with van der Waals surface area (Å²) in [5.41, 5.74) is 12.5. The molecule has 0 aliphatic heterocycles. The van der Waals surface area contributed by atoms with Crippen molar-refractivity contribution < 1.29 is 4.74 Å². The molecule has 0 atom stereocenters. The Balaban J connectivity index is 2.08. The molecular weight excluding hydrogens is 340 g/mol. The molecule has 0 heterocycles. The fourth-order valence-corrected chi connectivity index (χ4v) is 3.66. The van der Waals surface area contributed by atoms with E-state index in [1.807, 2.05) is 31.2 Å². The summed E-state index contributed by atoms with van der Waals surface area (Å²) < 4.78 is 5.45. The van der Waals surface area contributed by atoms with Gasteiger partial charge in [0.1, 0.15) is 5.75 Å². The summed E-state index contributed by atoms with van der Waals surface area (Å²) in [6.07, 6.45) is 0. The molecular formula is C22H30N2OS. The van der Waals surface area contributed by atoms with Gasteiger partial charge in [0.25, 0.3) is 0 Å². The Morgan fingerprint density at radius 3 is 2.15 bits per heavy atom. The highest BCUT2D eigenvalue weighted by Crippen LogP contribution is 2.29. The minimum Gasteiger partial charge on any atom is -0.494 e. The van der Waals surface area contributed by atoms with Crippen LogP contribution in [0.25, 0.3) is 0 Å². The molecule has 0 bridgehead atoms. The average Bonchev–Trinajstić information content (AvgIpc) is 2.55. The molecule has 26 heavy (non-hydrogen) atoms. The summed E-state index contributed by atoms with van der Waals surface area (Å²) >= 11 is 1.58. The molecule has 0 saturated carbocycles. The number of hydrogen-bond acceptors (Lipinski definition) is 3. The van der Waals surface area contributed by atoms with Crippen molar-refractivity contribution in [3.63, 3.8) is 0 Å². The third-order valence-corrected chi connectivity index (χ3v) is 5.13. The van der Waals surface area contributed by atoms with Gasteiger partial charge < -0.3 is 10.5 Å². The maximum Gasteiger partial charge on any atom is 0.159 e. The maximum absolute atomic E-state index is 6.13. The van der Waals surface area contributed by atoms with E-state index in [1.165, 1.54) is 22.3 Å². The second-order valence-electron chi connectivity index (χ2n) is 7.50. The number of hydrogen-bond donors (Lipinski definition) is 1. The monoisotopic (exact) mass is 370 g/mol. The van der Waals surface area contributed by atoms with E-state index in [0.717, 1.165) is 17.2 Å². The number of amidine groups is 1. The molecule has 0 aromatic heterocycles. The summed E-state index contributed by atoms with van der Waals surface area (Å²) in [6.45, 7) is 13.7. The third-order valence-electron chi connectivity index (χ3n) is 4.31. The van der Waals surface area contributed by atoms with Gasteiger partial charge >= 0.3 is 0 Å². The predicted octanol–water partition coefficient (Wildman–Crippen LogP) is 5.88. The van der Waals surface area contributed by atoms with Crippen molar-refractivity contribution in [1.29, 1.82) is 0 Å². The Bertz CT molecular complexity index is 751. The molecule has 0 aliphatic carbocycles. The predicted molar refractivity (Wildman–Crippen MR) is 115 cm³/mol. The molecule has 0 aliphatic rings. The fraction of sp³-hybridized carbons (Fsp3) is 0.409. The zero-order valence-electron chi connectivity index (χ0n) is 16.7. The average molecular weight is 371 g/mol. The first kappa shape index (κ1) is 20.4. The van der Waals surface area contributed by atoms with E-state index >= 15 is 0 Å². The fourth-order valence-electron chi connectivity index (χ4n) is 2.74. The maximum atomic E-state index is 6.13. The number of benzene rings is 2. The van der Waals surface area contributed by atoms with E-state index in [9.17, 15) is 0 Å². The van der Waals surface area contributed by atoms with Crippen LogP contribution in [0.15, 0.2) is 41.4 Å². The van der Waals surface area contributed by atoms with E-state index in [-0.39, 0.29) is 5.41 Å². The number of ether oxygens (including phenoxy) is 1. The van der Waals surface area contributed by atoms with Crippen LogP contribution in [-0.4, -0.2) is 11.8 Å². The van der Waals surface area contributed by atoms with Gasteiger partial charge in [-0.15, -0.1) is 0 Å². The lowest BCUT2D eigenvalue weighted by molar-refractivity contribution is 0.340. The Hall–Kier alpha value is -1.94. The van der Waals surface area contributed by atoms with Crippen molar-refractivity contribution in [2.45, 2.75) is 52.7 Å². The number of thioether (sulfide) groups is 1. The van der Waals surface area contributed by atoms with Crippen LogP contribution in [0.1, 0.15) is 49.9 Å². The molecule has 4 heteroatoms. The first-order valence-electron chi connectivity index (χ1n) is 9.01. The van der Waals surface area contributed by atoms with Gasteiger partial charge in [-0.05, 0) is 72.7 Å². The number of aryl methyl sites for hydroxylation is 2. The summed E-state index contributed by atoms with van der Waals surface area (Å²) in [7, 11) is 0. The van der Waals surface area contributed by atoms with Gasteiger partial charge in [0.15, 0.2) is 5.17 Å². The topological polar surface area (TPSA) is 47.6 Å². The summed E-state index contributed by atoms with van der Waals surface area (Å²) in [5, 5.41) is 0.577. The highest BCUT2D eigenvalue weighted by molar-refractivity contribution is 8.13. The standard InChI is InChI=1S/C22H30N2OS/c1-7-25-19-10-8-18(9-11-19)24-21(23)26-14-20-15(2)12-17(13-16(20)3)22(4,5)6/h8-13H,7,14H2,1-6H3,(H2,23,24). The molecule has 3 nitrogen and oxygen atoms in total. The van der Waals surface area contributed by atoms with Crippen LogP contribution in [0.5, 0.6) is 5.75 Å². The third kappa shape index (κ3) is 5.53. The van der Waals surface area contributed by atoms with E-state index in [1.54, 1.807) is 11.8 Å². The van der Waals surface area contributed by atoms with Crippen LogP contribution in [-0.2, 0) is 11.2 Å². The minimum atomic E-state index is 0.162. The van der Waals surface area contributed by atoms with Crippen molar-refractivity contribution in [2.75, 3.05) is 6.61 Å². The van der Waals surface area contributed by atoms with Gasteiger partial charge in [-0.25, -0.2) is 4.99 Å². The zero-order chi connectivity index (χ0) is 19.3. The van der Waals surface area contributed by atoms with Crippen LogP contribution in [0.4, 0.5) is 5.69 Å². The second kappa shape index (κ2) is 8.63. The van der Waals surface area contributed by atoms with E-state index in [0.29, 0.717) is 11.8 Å². The SMILES string of the molecule is CCOc1ccc(N=C(N)SCc2c(C)cc(C(C)(C)C)cc2C)cc1. The first-order valence-corrected chi connectivity index (χ1v) is 9.99. The van der Waals surface area contributed by atoms with Gasteiger partial charge in [-0.3, -0.25) is 0 Å². The first-order chi connectivity index (χ1) is 12.2. The lowest BCUT2D eigenvalue weighted by Gasteiger charge is -2.22. The Labute approximate surface area is 162 Å². The lowest BCUT2D eigenvalue weighted by Crippen LogP contribution is -2.13. The Morgan fingerprint density at radius 1 is 1.08 bits per heavy atom. The number of nitrogens with two attached hydrogens (primary N) is 1. The van der Waals surface area contributed by atoms with Crippen LogP contribution < -0.4 is 10.5 Å². The zero-order valence-corrected chi connectivity index (χ0v) is 17.5. The van der Waals surface area contributed by atoms with Crippen molar-refractivity contribution in [3.8, 4) is 5.75 Å². The van der Waals surface area contributed by atoms with Gasteiger partial charge in [0.05, 0.1) is 12.3 Å². The molecule has 2 N–H and O–H groups in total. The molecule has 0 saturated heterocycles. The Morgan fingerprint density at radius 2 is 1.65 bits per heavy atom. The van der Waals surface area contributed by atoms with E-state index in [4.69, 9.17) is 10.5 Å². The molecule has 2 aromatic rings. The van der Waals surface area contributed by atoms with Gasteiger partial charge in [-0.2, -0.15) is 0 Å². The van der Waals surface area contributed by atoms with Crippen molar-refractivity contribution >= 4 is 22.6 Å². The van der Waals surface area contributed by atoms with Crippen LogP contribution in [0, 0.1) is 13.8 Å². The van der Waals surface area contributed by atoms with Crippen LogP contribution in [0.3, 0.4) is 0 Å². The second-order valence-corrected chi connectivity index (χ2v) is 8.50. The summed E-state index contributed by atoms with van der Waals surface area (Å²) in [6, 6.07) is 12.3. The number of nitrogens with zero attached hydrogens (tertiary/aromatic N) is 1.